The van der Waals surface area contributed by atoms with Gasteiger partial charge in [-0.25, -0.2) is 0 Å². The van der Waals surface area contributed by atoms with E-state index >= 15 is 0 Å². The molecule has 0 aliphatic carbocycles. The predicted molar refractivity (Wildman–Crippen MR) is 75.1 cm³/mol. The quantitative estimate of drug-likeness (QED) is 0.724. The zero-order chi connectivity index (χ0) is 13.8. The lowest BCUT2D eigenvalue weighted by Crippen LogP contribution is -2.61. The number of hydrogen-bond donors (Lipinski definition) is 0. The highest BCUT2D eigenvalue weighted by molar-refractivity contribution is 6.17. The zero-order valence-corrected chi connectivity index (χ0v) is 12.4. The van der Waals surface area contributed by atoms with Crippen LogP contribution in [-0.4, -0.2) is 53.2 Å². The Morgan fingerprint density at radius 3 is 2.84 bits per heavy atom. The number of amides is 2. The van der Waals surface area contributed by atoms with Crippen LogP contribution in [0.5, 0.6) is 0 Å². The van der Waals surface area contributed by atoms with E-state index in [2.05, 4.69) is 6.92 Å². The molecule has 2 rings (SSSR count). The number of piperazine rings is 1. The molecule has 2 heterocycles. The van der Waals surface area contributed by atoms with Crippen molar-refractivity contribution < 1.29 is 9.59 Å². The molecule has 0 radical (unpaired) electrons. The molecule has 2 aliphatic rings. The molecular formula is C14H23ClN2O2. The second-order valence-electron chi connectivity index (χ2n) is 5.73. The minimum absolute atomic E-state index is 0.120. The van der Waals surface area contributed by atoms with Gasteiger partial charge in [-0.05, 0) is 38.0 Å². The van der Waals surface area contributed by atoms with E-state index in [1.807, 2.05) is 0 Å². The second-order valence-corrected chi connectivity index (χ2v) is 6.11. The molecule has 4 nitrogen and oxygen atoms in total. The first-order valence-corrected chi connectivity index (χ1v) is 7.81. The summed E-state index contributed by atoms with van der Waals surface area (Å²) >= 11 is 5.72. The molecule has 2 unspecified atom stereocenters. The Labute approximate surface area is 120 Å². The fourth-order valence-electron chi connectivity index (χ4n) is 2.93. The van der Waals surface area contributed by atoms with Gasteiger partial charge in [-0.1, -0.05) is 6.92 Å². The third kappa shape index (κ3) is 3.41. The summed E-state index contributed by atoms with van der Waals surface area (Å²) < 4.78 is 0. The van der Waals surface area contributed by atoms with Crippen LogP contribution in [0.4, 0.5) is 0 Å². The summed E-state index contributed by atoms with van der Waals surface area (Å²) in [5.74, 6) is 1.43. The van der Waals surface area contributed by atoms with Gasteiger partial charge >= 0.3 is 0 Å². The summed E-state index contributed by atoms with van der Waals surface area (Å²) in [4.78, 5) is 28.0. The molecule has 0 spiro atoms. The van der Waals surface area contributed by atoms with Crippen molar-refractivity contribution in [2.45, 2.75) is 45.1 Å². The predicted octanol–water partition coefficient (Wildman–Crippen LogP) is 1.86. The zero-order valence-electron chi connectivity index (χ0n) is 11.6. The van der Waals surface area contributed by atoms with Gasteiger partial charge in [-0.3, -0.25) is 9.59 Å². The van der Waals surface area contributed by atoms with Gasteiger partial charge in [-0.2, -0.15) is 0 Å². The molecule has 0 aromatic heterocycles. The lowest BCUT2D eigenvalue weighted by molar-refractivity contribution is -0.157. The number of fused-ring (bicyclic) bond motifs is 1. The normalized spacial score (nSPS) is 25.5. The van der Waals surface area contributed by atoms with Gasteiger partial charge < -0.3 is 9.80 Å². The van der Waals surface area contributed by atoms with Crippen LogP contribution in [-0.2, 0) is 9.59 Å². The highest BCUT2D eigenvalue weighted by atomic mass is 35.5. The SMILES string of the molecule is CC(CCCl)CCN1CC(=O)N2CCCCC2C1=O. The number of halogens is 1. The first kappa shape index (κ1) is 14.6. The van der Waals surface area contributed by atoms with Crippen molar-refractivity contribution in [3.05, 3.63) is 0 Å². The van der Waals surface area contributed by atoms with Crippen LogP contribution < -0.4 is 0 Å². The Balaban J connectivity index is 1.91. The molecule has 0 saturated carbocycles. The summed E-state index contributed by atoms with van der Waals surface area (Å²) in [5, 5.41) is 0. The van der Waals surface area contributed by atoms with Crippen LogP contribution in [0.25, 0.3) is 0 Å². The molecule has 19 heavy (non-hydrogen) atoms. The first-order valence-electron chi connectivity index (χ1n) is 7.27. The van der Waals surface area contributed by atoms with Crippen LogP contribution >= 0.6 is 11.6 Å². The number of carbonyl (C=O) groups is 2. The highest BCUT2D eigenvalue weighted by Gasteiger charge is 2.39. The number of alkyl halides is 1. The minimum atomic E-state index is -0.182. The lowest BCUT2D eigenvalue weighted by Gasteiger charge is -2.43. The van der Waals surface area contributed by atoms with Crippen molar-refractivity contribution in [1.82, 2.24) is 9.80 Å². The monoisotopic (exact) mass is 286 g/mol. The third-order valence-electron chi connectivity index (χ3n) is 4.24. The van der Waals surface area contributed by atoms with Crippen LogP contribution in [0.15, 0.2) is 0 Å². The summed E-state index contributed by atoms with van der Waals surface area (Å²) in [5.41, 5.74) is 0. The Bertz CT molecular complexity index is 348. The fraction of sp³-hybridized carbons (Fsp3) is 0.857. The van der Waals surface area contributed by atoms with Crippen molar-refractivity contribution in [2.24, 2.45) is 5.92 Å². The number of piperidine rings is 1. The number of hydrogen-bond acceptors (Lipinski definition) is 2. The maximum atomic E-state index is 12.4. The molecule has 2 fully saturated rings. The van der Waals surface area contributed by atoms with Crippen molar-refractivity contribution in [1.29, 1.82) is 0 Å². The average Bonchev–Trinajstić information content (AvgIpc) is 2.42. The van der Waals surface area contributed by atoms with Gasteiger partial charge in [0.1, 0.15) is 6.04 Å². The smallest absolute Gasteiger partial charge is 0.245 e. The Kier molecular flexibility index (Phi) is 5.08. The van der Waals surface area contributed by atoms with E-state index in [-0.39, 0.29) is 24.4 Å². The van der Waals surface area contributed by atoms with E-state index in [1.165, 1.54) is 0 Å². The molecule has 0 bridgehead atoms. The Hall–Kier alpha value is -0.770. The van der Waals surface area contributed by atoms with Crippen LogP contribution in [0.2, 0.25) is 0 Å². The number of carbonyl (C=O) groups excluding carboxylic acids is 2. The summed E-state index contributed by atoms with van der Waals surface area (Å²) in [6.07, 6.45) is 4.81. The topological polar surface area (TPSA) is 40.6 Å². The highest BCUT2D eigenvalue weighted by Crippen LogP contribution is 2.23. The number of nitrogens with zero attached hydrogens (tertiary/aromatic N) is 2. The maximum Gasteiger partial charge on any atom is 0.245 e. The van der Waals surface area contributed by atoms with Gasteiger partial charge in [0.15, 0.2) is 0 Å². The Morgan fingerprint density at radius 2 is 2.11 bits per heavy atom. The van der Waals surface area contributed by atoms with Crippen molar-refractivity contribution in [2.75, 3.05) is 25.5 Å². The van der Waals surface area contributed by atoms with Crippen molar-refractivity contribution in [3.8, 4) is 0 Å². The standard InChI is InChI=1S/C14H23ClN2O2/c1-11(5-7-15)6-9-16-10-13(18)17-8-3-2-4-12(17)14(16)19/h11-12H,2-10H2,1H3. The van der Waals surface area contributed by atoms with Gasteiger partial charge in [0.05, 0.1) is 6.54 Å². The fourth-order valence-corrected chi connectivity index (χ4v) is 3.30. The van der Waals surface area contributed by atoms with Crippen LogP contribution in [0.1, 0.15) is 39.0 Å². The number of rotatable bonds is 5. The van der Waals surface area contributed by atoms with E-state index in [0.29, 0.717) is 18.3 Å². The molecule has 2 saturated heterocycles. The molecule has 0 aromatic rings. The maximum absolute atomic E-state index is 12.4. The van der Waals surface area contributed by atoms with E-state index in [4.69, 9.17) is 11.6 Å². The third-order valence-corrected chi connectivity index (χ3v) is 4.46. The van der Waals surface area contributed by atoms with E-state index in [0.717, 1.165) is 38.6 Å². The molecule has 0 aromatic carbocycles. The summed E-state index contributed by atoms with van der Waals surface area (Å²) in [6.45, 7) is 3.85. The molecular weight excluding hydrogens is 264 g/mol. The van der Waals surface area contributed by atoms with Crippen LogP contribution in [0, 0.1) is 5.92 Å². The average molecular weight is 287 g/mol. The molecule has 108 valence electrons. The second kappa shape index (κ2) is 6.60. The van der Waals surface area contributed by atoms with Crippen LogP contribution in [0.3, 0.4) is 0 Å². The molecule has 2 aliphatic heterocycles. The summed E-state index contributed by atoms with van der Waals surface area (Å²) in [7, 11) is 0. The van der Waals surface area contributed by atoms with E-state index in [1.54, 1.807) is 9.80 Å². The Morgan fingerprint density at radius 1 is 1.32 bits per heavy atom. The van der Waals surface area contributed by atoms with Crippen molar-refractivity contribution >= 4 is 23.4 Å². The van der Waals surface area contributed by atoms with Gasteiger partial charge in [0.2, 0.25) is 11.8 Å². The molecule has 2 amide bonds. The van der Waals surface area contributed by atoms with Gasteiger partial charge in [0.25, 0.3) is 0 Å². The van der Waals surface area contributed by atoms with Gasteiger partial charge in [0, 0.05) is 19.0 Å². The lowest BCUT2D eigenvalue weighted by atomic mass is 9.97. The minimum Gasteiger partial charge on any atom is -0.332 e. The molecule has 0 N–H and O–H groups in total. The van der Waals surface area contributed by atoms with Gasteiger partial charge in [-0.15, -0.1) is 11.6 Å². The first-order chi connectivity index (χ1) is 9.13. The van der Waals surface area contributed by atoms with E-state index < -0.39 is 0 Å². The summed E-state index contributed by atoms with van der Waals surface area (Å²) in [6, 6.07) is -0.182. The van der Waals surface area contributed by atoms with E-state index in [9.17, 15) is 9.59 Å². The molecule has 5 heteroatoms. The van der Waals surface area contributed by atoms with Crippen molar-refractivity contribution in [3.63, 3.8) is 0 Å². The largest absolute Gasteiger partial charge is 0.332 e. The molecule has 2 atom stereocenters.